The smallest absolute Gasteiger partial charge is 0.137 e. The lowest BCUT2D eigenvalue weighted by Crippen LogP contribution is -2.17. The molecule has 1 rings (SSSR count). The van der Waals surface area contributed by atoms with Crippen LogP contribution in [0.25, 0.3) is 0 Å². The summed E-state index contributed by atoms with van der Waals surface area (Å²) in [5.74, 6) is -0.222. The summed E-state index contributed by atoms with van der Waals surface area (Å²) in [4.78, 5) is 0. The summed E-state index contributed by atoms with van der Waals surface area (Å²) >= 11 is 3.15. The van der Waals surface area contributed by atoms with Crippen molar-refractivity contribution in [2.75, 3.05) is 7.05 Å². The second kappa shape index (κ2) is 6.16. The Hall–Kier alpha value is -0.670. The first-order valence-corrected chi connectivity index (χ1v) is 6.16. The largest absolute Gasteiger partial charge is 0.313 e. The zero-order chi connectivity index (χ0) is 12.1. The van der Waals surface area contributed by atoms with Crippen LogP contribution in [0.3, 0.4) is 0 Å². The fraction of sp³-hybridized carbons (Fsp3) is 0.385. The quantitative estimate of drug-likeness (QED) is 0.800. The Balaban J connectivity index is 2.86. The van der Waals surface area contributed by atoms with Gasteiger partial charge in [-0.1, -0.05) is 25.1 Å². The van der Waals surface area contributed by atoms with E-state index in [1.54, 1.807) is 12.1 Å². The van der Waals surface area contributed by atoms with Crippen LogP contribution in [0.5, 0.6) is 0 Å². The third-order valence-corrected chi connectivity index (χ3v) is 3.33. The first-order valence-electron chi connectivity index (χ1n) is 5.37. The van der Waals surface area contributed by atoms with Crippen LogP contribution in [0, 0.1) is 5.82 Å². The van der Waals surface area contributed by atoms with Gasteiger partial charge >= 0.3 is 0 Å². The highest BCUT2D eigenvalue weighted by molar-refractivity contribution is 9.10. The molecule has 0 saturated carbocycles. The minimum Gasteiger partial charge on any atom is -0.313 e. The summed E-state index contributed by atoms with van der Waals surface area (Å²) in [6, 6.07) is 5.37. The number of nitrogens with one attached hydrogen (secondary N) is 1. The molecule has 88 valence electrons. The molecule has 0 aliphatic rings. The van der Waals surface area contributed by atoms with Gasteiger partial charge in [-0.15, -0.1) is 0 Å². The molecule has 0 heterocycles. The first-order chi connectivity index (χ1) is 7.58. The van der Waals surface area contributed by atoms with Crippen LogP contribution in [-0.2, 0) is 0 Å². The molecule has 1 aromatic carbocycles. The molecule has 0 amide bonds. The number of hydrogen-bond donors (Lipinski definition) is 1. The molecule has 1 nitrogen and oxygen atoms in total. The maximum absolute atomic E-state index is 13.4. The summed E-state index contributed by atoms with van der Waals surface area (Å²) in [5.41, 5.74) is 2.13. The Labute approximate surface area is 105 Å². The SMILES string of the molecule is C=C(CC)CC(NC)c1ccc(Br)c(F)c1. The van der Waals surface area contributed by atoms with Crippen molar-refractivity contribution in [1.82, 2.24) is 5.32 Å². The highest BCUT2D eigenvalue weighted by Crippen LogP contribution is 2.25. The Kier molecular flexibility index (Phi) is 5.16. The van der Waals surface area contributed by atoms with Gasteiger partial charge in [-0.25, -0.2) is 4.39 Å². The van der Waals surface area contributed by atoms with E-state index >= 15 is 0 Å². The van der Waals surface area contributed by atoms with Crippen molar-refractivity contribution in [2.45, 2.75) is 25.8 Å². The standard InChI is InChI=1S/C13H17BrFN/c1-4-9(2)7-13(16-3)10-5-6-11(14)12(15)8-10/h5-6,8,13,16H,2,4,7H2,1,3H3. The third-order valence-electron chi connectivity index (χ3n) is 2.69. The average Bonchev–Trinajstić information content (AvgIpc) is 2.29. The van der Waals surface area contributed by atoms with Gasteiger partial charge in [0.15, 0.2) is 0 Å². The van der Waals surface area contributed by atoms with Gasteiger partial charge in [-0.05, 0) is 53.5 Å². The number of benzene rings is 1. The summed E-state index contributed by atoms with van der Waals surface area (Å²) < 4.78 is 13.9. The molecule has 1 unspecified atom stereocenters. The number of rotatable bonds is 5. The van der Waals surface area contributed by atoms with E-state index in [-0.39, 0.29) is 11.9 Å². The fourth-order valence-electron chi connectivity index (χ4n) is 1.55. The Morgan fingerprint density at radius 2 is 2.25 bits per heavy atom. The second-order valence-corrected chi connectivity index (χ2v) is 4.68. The van der Waals surface area contributed by atoms with E-state index < -0.39 is 0 Å². The van der Waals surface area contributed by atoms with Gasteiger partial charge in [0.05, 0.1) is 4.47 Å². The summed E-state index contributed by atoms with van der Waals surface area (Å²) in [6.45, 7) is 6.06. The maximum Gasteiger partial charge on any atom is 0.137 e. The molecule has 0 spiro atoms. The van der Waals surface area contributed by atoms with Crippen molar-refractivity contribution >= 4 is 15.9 Å². The Morgan fingerprint density at radius 3 is 2.75 bits per heavy atom. The van der Waals surface area contributed by atoms with Gasteiger partial charge in [0.25, 0.3) is 0 Å². The molecule has 0 radical (unpaired) electrons. The average molecular weight is 286 g/mol. The first kappa shape index (κ1) is 13.4. The predicted octanol–water partition coefficient (Wildman–Crippen LogP) is 4.21. The molecule has 16 heavy (non-hydrogen) atoms. The van der Waals surface area contributed by atoms with E-state index in [0.29, 0.717) is 4.47 Å². The van der Waals surface area contributed by atoms with Crippen molar-refractivity contribution in [1.29, 1.82) is 0 Å². The van der Waals surface area contributed by atoms with E-state index in [2.05, 4.69) is 34.7 Å². The van der Waals surface area contributed by atoms with E-state index in [4.69, 9.17) is 0 Å². The molecule has 0 aromatic heterocycles. The lowest BCUT2D eigenvalue weighted by Gasteiger charge is -2.17. The van der Waals surface area contributed by atoms with Crippen molar-refractivity contribution in [2.24, 2.45) is 0 Å². The van der Waals surface area contributed by atoms with Crippen molar-refractivity contribution in [3.8, 4) is 0 Å². The Morgan fingerprint density at radius 1 is 1.56 bits per heavy atom. The van der Waals surface area contributed by atoms with E-state index in [9.17, 15) is 4.39 Å². The van der Waals surface area contributed by atoms with Crippen LogP contribution in [0.1, 0.15) is 31.4 Å². The van der Waals surface area contributed by atoms with Crippen molar-refractivity contribution in [3.63, 3.8) is 0 Å². The molecular weight excluding hydrogens is 269 g/mol. The van der Waals surface area contributed by atoms with Crippen LogP contribution in [0.2, 0.25) is 0 Å². The lowest BCUT2D eigenvalue weighted by atomic mass is 9.98. The van der Waals surface area contributed by atoms with Crippen molar-refractivity contribution < 1.29 is 4.39 Å². The van der Waals surface area contributed by atoms with Gasteiger partial charge < -0.3 is 5.32 Å². The van der Waals surface area contributed by atoms with Gasteiger partial charge in [0.2, 0.25) is 0 Å². The molecule has 0 aliphatic carbocycles. The topological polar surface area (TPSA) is 12.0 Å². The molecule has 1 atom stereocenters. The van der Waals surface area contributed by atoms with Crippen molar-refractivity contribution in [3.05, 3.63) is 46.2 Å². The third kappa shape index (κ3) is 3.42. The van der Waals surface area contributed by atoms with Crippen LogP contribution >= 0.6 is 15.9 Å². The highest BCUT2D eigenvalue weighted by Gasteiger charge is 2.11. The van der Waals surface area contributed by atoms with Crippen LogP contribution < -0.4 is 5.32 Å². The van der Waals surface area contributed by atoms with Gasteiger partial charge in [0.1, 0.15) is 5.82 Å². The van der Waals surface area contributed by atoms with Gasteiger partial charge in [-0.3, -0.25) is 0 Å². The van der Waals surface area contributed by atoms with Crippen LogP contribution in [0.4, 0.5) is 4.39 Å². The molecule has 1 N–H and O–H groups in total. The Bertz CT molecular complexity index is 376. The van der Waals surface area contributed by atoms with E-state index in [1.807, 2.05) is 13.1 Å². The molecule has 0 saturated heterocycles. The highest BCUT2D eigenvalue weighted by atomic mass is 79.9. The van der Waals surface area contributed by atoms with Crippen LogP contribution in [0.15, 0.2) is 34.8 Å². The zero-order valence-electron chi connectivity index (χ0n) is 9.69. The minimum absolute atomic E-state index is 0.134. The van der Waals surface area contributed by atoms with E-state index in [0.717, 1.165) is 18.4 Å². The molecule has 0 aliphatic heterocycles. The monoisotopic (exact) mass is 285 g/mol. The molecule has 3 heteroatoms. The maximum atomic E-state index is 13.4. The van der Waals surface area contributed by atoms with E-state index in [1.165, 1.54) is 5.57 Å². The normalized spacial score (nSPS) is 12.5. The molecule has 1 aromatic rings. The lowest BCUT2D eigenvalue weighted by molar-refractivity contribution is 0.568. The predicted molar refractivity (Wildman–Crippen MR) is 69.9 cm³/mol. The summed E-state index contributed by atoms with van der Waals surface area (Å²) in [7, 11) is 1.88. The van der Waals surface area contributed by atoms with Crippen LogP contribution in [-0.4, -0.2) is 7.05 Å². The van der Waals surface area contributed by atoms with Gasteiger partial charge in [-0.2, -0.15) is 0 Å². The van der Waals surface area contributed by atoms with Gasteiger partial charge in [0, 0.05) is 6.04 Å². The summed E-state index contributed by atoms with van der Waals surface area (Å²) in [5, 5.41) is 3.19. The molecular formula is C13H17BrFN. The minimum atomic E-state index is -0.222. The summed E-state index contributed by atoms with van der Waals surface area (Å²) in [6.07, 6.45) is 1.80. The molecule has 0 bridgehead atoms. The fourth-order valence-corrected chi connectivity index (χ4v) is 1.80. The number of halogens is 2. The zero-order valence-corrected chi connectivity index (χ0v) is 11.3. The molecule has 0 fully saturated rings. The second-order valence-electron chi connectivity index (χ2n) is 3.82. The number of hydrogen-bond acceptors (Lipinski definition) is 1.